The Balaban J connectivity index is 1.80. The molecule has 0 bridgehead atoms. The molecule has 0 radical (unpaired) electrons. The lowest BCUT2D eigenvalue weighted by Crippen LogP contribution is -2.14. The van der Waals surface area contributed by atoms with Crippen LogP contribution in [0.1, 0.15) is 21.7 Å². The van der Waals surface area contributed by atoms with Gasteiger partial charge in [-0.25, -0.2) is 23.1 Å². The molecule has 8 heteroatoms. The van der Waals surface area contributed by atoms with Gasteiger partial charge in [0.25, 0.3) is 5.91 Å². The fourth-order valence-corrected chi connectivity index (χ4v) is 2.47. The van der Waals surface area contributed by atoms with Gasteiger partial charge in [-0.05, 0) is 50.2 Å². The first-order valence-corrected chi connectivity index (χ1v) is 7.97. The van der Waals surface area contributed by atoms with Crippen LogP contribution in [0.2, 0.25) is 0 Å². The van der Waals surface area contributed by atoms with E-state index in [0.717, 1.165) is 23.5 Å². The Labute approximate surface area is 153 Å². The maximum absolute atomic E-state index is 13.7. The van der Waals surface area contributed by atoms with Gasteiger partial charge in [0, 0.05) is 22.6 Å². The van der Waals surface area contributed by atoms with Crippen molar-refractivity contribution in [2.75, 3.05) is 10.6 Å². The molecular formula is C19H15F3N4O. The Morgan fingerprint density at radius 2 is 1.63 bits per heavy atom. The summed E-state index contributed by atoms with van der Waals surface area (Å²) in [4.78, 5) is 20.8. The van der Waals surface area contributed by atoms with E-state index < -0.39 is 29.0 Å². The summed E-state index contributed by atoms with van der Waals surface area (Å²) in [7, 11) is 0. The van der Waals surface area contributed by atoms with Crippen molar-refractivity contribution in [3.05, 3.63) is 76.9 Å². The number of aryl methyl sites for hydroxylation is 2. The van der Waals surface area contributed by atoms with Gasteiger partial charge < -0.3 is 10.6 Å². The van der Waals surface area contributed by atoms with Crippen molar-refractivity contribution < 1.29 is 18.0 Å². The average Bonchev–Trinajstić information content (AvgIpc) is 2.61. The highest BCUT2D eigenvalue weighted by Crippen LogP contribution is 2.21. The Morgan fingerprint density at radius 3 is 2.33 bits per heavy atom. The number of aromatic nitrogens is 2. The summed E-state index contributed by atoms with van der Waals surface area (Å²) in [5.41, 5.74) is 1.85. The van der Waals surface area contributed by atoms with Crippen LogP contribution in [0.4, 0.5) is 30.5 Å². The van der Waals surface area contributed by atoms with Crippen LogP contribution in [0, 0.1) is 31.3 Å². The number of rotatable bonds is 4. The molecule has 0 saturated carbocycles. The van der Waals surface area contributed by atoms with Crippen molar-refractivity contribution in [2.24, 2.45) is 0 Å². The third kappa shape index (κ3) is 4.22. The van der Waals surface area contributed by atoms with Gasteiger partial charge in [-0.2, -0.15) is 0 Å². The standard InChI is InChI=1S/C19H15F3N4O/c1-10-8-11(2)24-19(23-10)25-13-5-3-4-12(9-13)18(27)26-15-7-6-14(20)16(21)17(15)22/h3-9H,1-2H3,(H,26,27)(H,23,24,25). The van der Waals surface area contributed by atoms with E-state index in [1.54, 1.807) is 12.1 Å². The molecule has 1 aromatic heterocycles. The number of hydrogen-bond acceptors (Lipinski definition) is 4. The largest absolute Gasteiger partial charge is 0.324 e. The zero-order valence-corrected chi connectivity index (χ0v) is 14.5. The minimum absolute atomic E-state index is 0.188. The molecule has 138 valence electrons. The van der Waals surface area contributed by atoms with Crippen LogP contribution in [-0.2, 0) is 0 Å². The minimum Gasteiger partial charge on any atom is -0.324 e. The van der Waals surface area contributed by atoms with E-state index in [-0.39, 0.29) is 5.56 Å². The topological polar surface area (TPSA) is 66.9 Å². The molecule has 27 heavy (non-hydrogen) atoms. The van der Waals surface area contributed by atoms with E-state index in [0.29, 0.717) is 11.6 Å². The average molecular weight is 372 g/mol. The quantitative estimate of drug-likeness (QED) is 0.662. The molecule has 3 rings (SSSR count). The number of halogens is 3. The number of benzene rings is 2. The van der Waals surface area contributed by atoms with Gasteiger partial charge >= 0.3 is 0 Å². The molecule has 1 heterocycles. The van der Waals surface area contributed by atoms with Crippen LogP contribution < -0.4 is 10.6 Å². The number of carbonyl (C=O) groups is 1. The van der Waals surface area contributed by atoms with Crippen LogP contribution in [0.15, 0.2) is 42.5 Å². The summed E-state index contributed by atoms with van der Waals surface area (Å²) >= 11 is 0. The summed E-state index contributed by atoms with van der Waals surface area (Å²) in [5.74, 6) is -4.73. The second kappa shape index (κ2) is 7.45. The molecule has 3 aromatic rings. The number of anilines is 3. The molecule has 2 aromatic carbocycles. The van der Waals surface area contributed by atoms with Crippen LogP contribution in [0.25, 0.3) is 0 Å². The highest BCUT2D eigenvalue weighted by Gasteiger charge is 2.16. The molecule has 0 saturated heterocycles. The van der Waals surface area contributed by atoms with Crippen molar-refractivity contribution in [1.29, 1.82) is 0 Å². The predicted molar refractivity (Wildman–Crippen MR) is 95.5 cm³/mol. The van der Waals surface area contributed by atoms with Crippen LogP contribution in [0.3, 0.4) is 0 Å². The van der Waals surface area contributed by atoms with Gasteiger partial charge in [-0.15, -0.1) is 0 Å². The van der Waals surface area contributed by atoms with E-state index in [9.17, 15) is 18.0 Å². The van der Waals surface area contributed by atoms with Crippen molar-refractivity contribution in [3.8, 4) is 0 Å². The SMILES string of the molecule is Cc1cc(C)nc(Nc2cccc(C(=O)Nc3ccc(F)c(F)c3F)c2)n1. The highest BCUT2D eigenvalue weighted by molar-refractivity contribution is 6.04. The number of hydrogen-bond donors (Lipinski definition) is 2. The lowest BCUT2D eigenvalue weighted by molar-refractivity contribution is 0.102. The number of carbonyl (C=O) groups excluding carboxylic acids is 1. The summed E-state index contributed by atoms with van der Waals surface area (Å²) in [6.07, 6.45) is 0. The number of amides is 1. The Morgan fingerprint density at radius 1 is 0.926 bits per heavy atom. The summed E-state index contributed by atoms with van der Waals surface area (Å²) in [6.45, 7) is 3.67. The minimum atomic E-state index is -1.64. The van der Waals surface area contributed by atoms with E-state index in [4.69, 9.17) is 0 Å². The fourth-order valence-electron chi connectivity index (χ4n) is 2.47. The second-order valence-corrected chi connectivity index (χ2v) is 5.86. The Hall–Kier alpha value is -3.42. The molecule has 0 spiro atoms. The third-order valence-corrected chi connectivity index (χ3v) is 3.65. The van der Waals surface area contributed by atoms with E-state index in [2.05, 4.69) is 20.6 Å². The zero-order chi connectivity index (χ0) is 19.6. The normalized spacial score (nSPS) is 10.6. The zero-order valence-electron chi connectivity index (χ0n) is 14.5. The van der Waals surface area contributed by atoms with E-state index in [1.807, 2.05) is 19.9 Å². The van der Waals surface area contributed by atoms with Crippen molar-refractivity contribution in [1.82, 2.24) is 9.97 Å². The molecule has 0 aliphatic heterocycles. The van der Waals surface area contributed by atoms with Crippen molar-refractivity contribution >= 4 is 23.2 Å². The third-order valence-electron chi connectivity index (χ3n) is 3.65. The maximum Gasteiger partial charge on any atom is 0.255 e. The molecule has 0 atom stereocenters. The van der Waals surface area contributed by atoms with Crippen molar-refractivity contribution in [2.45, 2.75) is 13.8 Å². The van der Waals surface area contributed by atoms with Gasteiger partial charge in [-0.1, -0.05) is 6.07 Å². The summed E-state index contributed by atoms with van der Waals surface area (Å²) in [6, 6.07) is 9.85. The Bertz CT molecular complexity index is 1000. The second-order valence-electron chi connectivity index (χ2n) is 5.86. The highest BCUT2D eigenvalue weighted by atomic mass is 19.2. The smallest absolute Gasteiger partial charge is 0.255 e. The Kier molecular flexibility index (Phi) is 5.07. The van der Waals surface area contributed by atoms with Crippen LogP contribution in [-0.4, -0.2) is 15.9 Å². The van der Waals surface area contributed by atoms with E-state index in [1.165, 1.54) is 12.1 Å². The van der Waals surface area contributed by atoms with Crippen LogP contribution in [0.5, 0.6) is 0 Å². The number of nitrogens with zero attached hydrogens (tertiary/aromatic N) is 2. The van der Waals surface area contributed by atoms with Gasteiger partial charge in [0.2, 0.25) is 5.95 Å². The van der Waals surface area contributed by atoms with Gasteiger partial charge in [0.1, 0.15) is 0 Å². The molecule has 0 aliphatic carbocycles. The lowest BCUT2D eigenvalue weighted by atomic mass is 10.1. The molecule has 0 aliphatic rings. The van der Waals surface area contributed by atoms with Crippen molar-refractivity contribution in [3.63, 3.8) is 0 Å². The molecule has 0 unspecified atom stereocenters. The lowest BCUT2D eigenvalue weighted by Gasteiger charge is -2.10. The first-order chi connectivity index (χ1) is 12.8. The first-order valence-electron chi connectivity index (χ1n) is 7.97. The van der Waals surface area contributed by atoms with Gasteiger partial charge in [0.15, 0.2) is 17.5 Å². The van der Waals surface area contributed by atoms with Gasteiger partial charge in [-0.3, -0.25) is 4.79 Å². The molecular weight excluding hydrogens is 357 g/mol. The first kappa shape index (κ1) is 18.4. The molecule has 0 fully saturated rings. The predicted octanol–water partition coefficient (Wildman–Crippen LogP) is 4.51. The van der Waals surface area contributed by atoms with Crippen LogP contribution >= 0.6 is 0 Å². The summed E-state index contributed by atoms with van der Waals surface area (Å²) < 4.78 is 40.0. The monoisotopic (exact) mass is 372 g/mol. The molecule has 5 nitrogen and oxygen atoms in total. The van der Waals surface area contributed by atoms with Gasteiger partial charge in [0.05, 0.1) is 5.69 Å². The molecule has 1 amide bonds. The fraction of sp³-hybridized carbons (Fsp3) is 0.105. The maximum atomic E-state index is 13.7. The molecule has 2 N–H and O–H groups in total. The number of nitrogens with one attached hydrogen (secondary N) is 2. The van der Waals surface area contributed by atoms with E-state index >= 15 is 0 Å². The summed E-state index contributed by atoms with van der Waals surface area (Å²) in [5, 5.41) is 5.21.